The number of hydrazone groups is 1. The summed E-state index contributed by atoms with van der Waals surface area (Å²) in [5.74, 6) is 0.983. The molecule has 2 N–H and O–H groups in total. The number of para-hydroxylation sites is 1. The molecule has 0 atom stereocenters. The molecule has 2 aromatic carbocycles. The first kappa shape index (κ1) is 19.0. The highest BCUT2D eigenvalue weighted by Gasteiger charge is 2.28. The molecule has 0 aliphatic heterocycles. The summed E-state index contributed by atoms with van der Waals surface area (Å²) in [7, 11) is 0. The van der Waals surface area contributed by atoms with Crippen LogP contribution in [0.5, 0.6) is 0 Å². The molecule has 0 spiro atoms. The maximum absolute atomic E-state index is 12.9. The molecule has 1 aliphatic rings. The summed E-state index contributed by atoms with van der Waals surface area (Å²) in [6, 6.07) is 15.8. The van der Waals surface area contributed by atoms with Crippen molar-refractivity contribution in [2.24, 2.45) is 5.10 Å². The lowest BCUT2D eigenvalue weighted by Gasteiger charge is -2.13. The molecule has 0 saturated carbocycles. The molecular weight excluding hydrogens is 362 g/mol. The Morgan fingerprint density at radius 3 is 2.59 bits per heavy atom. The number of aryl methyl sites for hydroxylation is 3. The fraction of sp³-hybridized carbons (Fsp3) is 0.250. The Labute approximate surface area is 170 Å². The largest absolute Gasteiger partial charge is 0.455 e. The van der Waals surface area contributed by atoms with Crippen molar-refractivity contribution in [3.8, 4) is 0 Å². The Hall–Kier alpha value is -3.34. The van der Waals surface area contributed by atoms with Gasteiger partial charge in [-0.3, -0.25) is 10.2 Å². The van der Waals surface area contributed by atoms with Crippen LogP contribution in [-0.4, -0.2) is 11.6 Å². The molecule has 1 heterocycles. The average molecular weight is 387 g/mol. The average Bonchev–Trinajstić information content (AvgIpc) is 3.07. The molecule has 5 nitrogen and oxygen atoms in total. The number of nitrogens with zero attached hydrogens (tertiary/aromatic N) is 1. The first-order valence-corrected chi connectivity index (χ1v) is 9.92. The van der Waals surface area contributed by atoms with Crippen LogP contribution >= 0.6 is 0 Å². The molecule has 0 fully saturated rings. The Morgan fingerprint density at radius 2 is 1.83 bits per heavy atom. The van der Waals surface area contributed by atoms with Crippen LogP contribution in [0.3, 0.4) is 0 Å². The van der Waals surface area contributed by atoms with E-state index in [0.29, 0.717) is 5.76 Å². The Bertz CT molecular complexity index is 1080. The summed E-state index contributed by atoms with van der Waals surface area (Å²) in [5.41, 5.74) is 9.78. The summed E-state index contributed by atoms with van der Waals surface area (Å²) in [4.78, 5) is 12.9. The minimum atomic E-state index is -0.223. The lowest BCUT2D eigenvalue weighted by atomic mass is 9.93. The molecule has 1 aromatic heterocycles. The number of nitrogens with one attached hydrogen (secondary N) is 2. The standard InChI is InChI=1S/C24H25N3O2/c1-15-12-13-19(16(2)14-15)25-24(28)23-17(3)22-20(10-7-11-21(22)29-23)27-26-18-8-5-4-6-9-18/h4-6,8-9,12-14,26H,7,10-11H2,1-3H3,(H,25,28)/b27-20+. The van der Waals surface area contributed by atoms with E-state index in [-0.39, 0.29) is 5.91 Å². The Kier molecular flexibility index (Phi) is 5.21. The molecule has 148 valence electrons. The van der Waals surface area contributed by atoms with Crippen LogP contribution in [0.25, 0.3) is 0 Å². The van der Waals surface area contributed by atoms with Crippen molar-refractivity contribution in [1.29, 1.82) is 0 Å². The van der Waals surface area contributed by atoms with Crippen molar-refractivity contribution in [2.45, 2.75) is 40.0 Å². The van der Waals surface area contributed by atoms with E-state index in [4.69, 9.17) is 4.42 Å². The lowest BCUT2D eigenvalue weighted by molar-refractivity contribution is 0.0994. The number of benzene rings is 2. The van der Waals surface area contributed by atoms with Crippen LogP contribution in [-0.2, 0) is 6.42 Å². The van der Waals surface area contributed by atoms with Gasteiger partial charge in [0.2, 0.25) is 0 Å². The number of hydrogen-bond acceptors (Lipinski definition) is 4. The van der Waals surface area contributed by atoms with E-state index in [2.05, 4.69) is 21.9 Å². The van der Waals surface area contributed by atoms with Crippen molar-refractivity contribution < 1.29 is 9.21 Å². The maximum Gasteiger partial charge on any atom is 0.291 e. The van der Waals surface area contributed by atoms with E-state index in [9.17, 15) is 4.79 Å². The van der Waals surface area contributed by atoms with Crippen LogP contribution < -0.4 is 10.7 Å². The molecule has 4 rings (SSSR count). The molecule has 0 radical (unpaired) electrons. The fourth-order valence-corrected chi connectivity index (χ4v) is 3.77. The third-order valence-corrected chi connectivity index (χ3v) is 5.26. The summed E-state index contributed by atoms with van der Waals surface area (Å²) < 4.78 is 6.00. The van der Waals surface area contributed by atoms with Gasteiger partial charge in [-0.1, -0.05) is 35.9 Å². The lowest BCUT2D eigenvalue weighted by Crippen LogP contribution is -2.15. The van der Waals surface area contributed by atoms with Gasteiger partial charge >= 0.3 is 0 Å². The second kappa shape index (κ2) is 7.95. The van der Waals surface area contributed by atoms with Gasteiger partial charge in [-0.05, 0) is 57.4 Å². The van der Waals surface area contributed by atoms with Crippen LogP contribution in [0.1, 0.15) is 51.4 Å². The Morgan fingerprint density at radius 1 is 1.03 bits per heavy atom. The van der Waals surface area contributed by atoms with Crippen molar-refractivity contribution in [2.75, 3.05) is 10.7 Å². The third kappa shape index (κ3) is 3.94. The topological polar surface area (TPSA) is 66.6 Å². The quantitative estimate of drug-likeness (QED) is 0.572. The number of anilines is 2. The number of hydrogen-bond donors (Lipinski definition) is 2. The van der Waals surface area contributed by atoms with Crippen molar-refractivity contribution in [3.63, 3.8) is 0 Å². The summed E-state index contributed by atoms with van der Waals surface area (Å²) in [6.07, 6.45) is 2.62. The number of carbonyl (C=O) groups is 1. The zero-order chi connectivity index (χ0) is 20.4. The number of carbonyl (C=O) groups excluding carboxylic acids is 1. The highest BCUT2D eigenvalue weighted by molar-refractivity contribution is 6.09. The fourth-order valence-electron chi connectivity index (χ4n) is 3.77. The summed E-state index contributed by atoms with van der Waals surface area (Å²) >= 11 is 0. The van der Waals surface area contributed by atoms with Gasteiger partial charge < -0.3 is 9.73 Å². The molecular formula is C24H25N3O2. The second-order valence-electron chi connectivity index (χ2n) is 7.52. The molecule has 1 amide bonds. The van der Waals surface area contributed by atoms with E-state index in [1.54, 1.807) is 0 Å². The molecule has 5 heteroatoms. The second-order valence-corrected chi connectivity index (χ2v) is 7.52. The summed E-state index contributed by atoms with van der Waals surface area (Å²) in [5, 5.41) is 7.60. The normalized spacial score (nSPS) is 14.5. The van der Waals surface area contributed by atoms with Crippen LogP contribution in [0.2, 0.25) is 0 Å². The minimum Gasteiger partial charge on any atom is -0.455 e. The van der Waals surface area contributed by atoms with Crippen molar-refractivity contribution in [3.05, 3.63) is 82.3 Å². The van der Waals surface area contributed by atoms with Crippen LogP contribution in [0, 0.1) is 20.8 Å². The van der Waals surface area contributed by atoms with Gasteiger partial charge in [0.05, 0.1) is 11.4 Å². The van der Waals surface area contributed by atoms with Gasteiger partial charge in [0.15, 0.2) is 5.76 Å². The van der Waals surface area contributed by atoms with Gasteiger partial charge in [0.25, 0.3) is 5.91 Å². The van der Waals surface area contributed by atoms with Gasteiger partial charge in [-0.15, -0.1) is 0 Å². The van der Waals surface area contributed by atoms with Gasteiger partial charge in [0.1, 0.15) is 5.76 Å². The Balaban J connectivity index is 1.61. The van der Waals surface area contributed by atoms with Gasteiger partial charge in [-0.25, -0.2) is 0 Å². The predicted octanol–water partition coefficient (Wildman–Crippen LogP) is 5.61. The first-order valence-electron chi connectivity index (χ1n) is 9.92. The van der Waals surface area contributed by atoms with E-state index >= 15 is 0 Å². The highest BCUT2D eigenvalue weighted by atomic mass is 16.4. The zero-order valence-electron chi connectivity index (χ0n) is 17.0. The smallest absolute Gasteiger partial charge is 0.291 e. The van der Waals surface area contributed by atoms with Crippen molar-refractivity contribution in [1.82, 2.24) is 0 Å². The van der Waals surface area contributed by atoms with Gasteiger partial charge in [-0.2, -0.15) is 5.10 Å². The molecule has 3 aromatic rings. The highest BCUT2D eigenvalue weighted by Crippen LogP contribution is 2.31. The number of amides is 1. The minimum absolute atomic E-state index is 0.223. The molecule has 0 unspecified atom stereocenters. The molecule has 1 aliphatic carbocycles. The third-order valence-electron chi connectivity index (χ3n) is 5.26. The number of rotatable bonds is 4. The first-order chi connectivity index (χ1) is 14.0. The van der Waals surface area contributed by atoms with Crippen LogP contribution in [0.4, 0.5) is 11.4 Å². The number of fused-ring (bicyclic) bond motifs is 1. The van der Waals surface area contributed by atoms with E-state index in [0.717, 1.165) is 64.4 Å². The van der Waals surface area contributed by atoms with Gasteiger partial charge in [0, 0.05) is 23.2 Å². The van der Waals surface area contributed by atoms with Crippen LogP contribution in [0.15, 0.2) is 58.0 Å². The molecule has 0 bridgehead atoms. The maximum atomic E-state index is 12.9. The monoisotopic (exact) mass is 387 g/mol. The summed E-state index contributed by atoms with van der Waals surface area (Å²) in [6.45, 7) is 5.96. The van der Waals surface area contributed by atoms with Crippen molar-refractivity contribution >= 4 is 23.0 Å². The van der Waals surface area contributed by atoms with E-state index in [1.807, 2.05) is 63.2 Å². The predicted molar refractivity (Wildman–Crippen MR) is 117 cm³/mol. The zero-order valence-corrected chi connectivity index (χ0v) is 17.0. The van der Waals surface area contributed by atoms with E-state index < -0.39 is 0 Å². The molecule has 29 heavy (non-hydrogen) atoms. The molecule has 0 saturated heterocycles. The SMILES string of the molecule is Cc1ccc(NC(=O)c2oc3c(c2C)/C(=N/Nc2ccccc2)CCC3)c(C)c1. The number of furan rings is 1. The van der Waals surface area contributed by atoms with E-state index in [1.165, 1.54) is 0 Å².